The minimum Gasteiger partial charge on any atom is -0.494 e. The van der Waals surface area contributed by atoms with Crippen molar-refractivity contribution >= 4 is 22.6 Å². The number of nitrogens with two attached hydrogens (primary N) is 2. The van der Waals surface area contributed by atoms with Gasteiger partial charge in [-0.3, -0.25) is 9.79 Å². The molecule has 0 bridgehead atoms. The average molecular weight is 530 g/mol. The number of amides is 1. The summed E-state index contributed by atoms with van der Waals surface area (Å²) >= 11 is 0. The van der Waals surface area contributed by atoms with Gasteiger partial charge in [-0.2, -0.15) is 0 Å². The monoisotopic (exact) mass is 529 g/mol. The van der Waals surface area contributed by atoms with Gasteiger partial charge >= 0.3 is 0 Å². The van der Waals surface area contributed by atoms with E-state index in [9.17, 15) is 4.79 Å². The van der Waals surface area contributed by atoms with Gasteiger partial charge < -0.3 is 26.0 Å². The zero-order valence-electron chi connectivity index (χ0n) is 23.4. The van der Waals surface area contributed by atoms with Gasteiger partial charge in [-0.25, -0.2) is 0 Å². The van der Waals surface area contributed by atoms with Crippen molar-refractivity contribution in [2.24, 2.45) is 28.3 Å². The normalized spacial score (nSPS) is 17.2. The Morgan fingerprint density at radius 3 is 2.46 bits per heavy atom. The molecule has 4 N–H and O–H groups in total. The second-order valence-electron chi connectivity index (χ2n) is 11.1. The van der Waals surface area contributed by atoms with Gasteiger partial charge in [-0.05, 0) is 92.2 Å². The SMILES string of the molecule is CN(C)CCCOc1ccc(CN(CC2CCCC(CN=C(N)N)C2)C(=O)c2ccc3ccccc3c2)cc1. The van der Waals surface area contributed by atoms with Crippen LogP contribution in [0, 0.1) is 11.8 Å². The Hall–Kier alpha value is -3.58. The molecule has 0 aromatic heterocycles. The van der Waals surface area contributed by atoms with E-state index in [0.717, 1.165) is 66.3 Å². The smallest absolute Gasteiger partial charge is 0.254 e. The lowest BCUT2D eigenvalue weighted by atomic mass is 9.81. The Labute approximate surface area is 232 Å². The fraction of sp³-hybridized carbons (Fsp3) is 0.438. The molecule has 0 saturated heterocycles. The van der Waals surface area contributed by atoms with Crippen molar-refractivity contribution in [2.45, 2.75) is 38.6 Å². The molecule has 0 aliphatic heterocycles. The molecule has 0 radical (unpaired) electrons. The number of guanidine groups is 1. The van der Waals surface area contributed by atoms with Crippen LogP contribution in [0.25, 0.3) is 10.8 Å². The van der Waals surface area contributed by atoms with Crippen LogP contribution in [0.15, 0.2) is 71.7 Å². The predicted octanol–water partition coefficient (Wildman–Crippen LogP) is 4.89. The highest BCUT2D eigenvalue weighted by molar-refractivity contribution is 5.98. The third-order valence-electron chi connectivity index (χ3n) is 7.50. The van der Waals surface area contributed by atoms with Crippen LogP contribution in [0.5, 0.6) is 5.75 Å². The average Bonchev–Trinajstić information content (AvgIpc) is 2.94. The quantitative estimate of drug-likeness (QED) is 0.198. The van der Waals surface area contributed by atoms with Crippen molar-refractivity contribution in [1.29, 1.82) is 0 Å². The highest BCUT2D eigenvalue weighted by Gasteiger charge is 2.26. The van der Waals surface area contributed by atoms with Crippen molar-refractivity contribution in [2.75, 3.05) is 40.3 Å². The maximum atomic E-state index is 13.9. The number of rotatable bonds is 12. The molecule has 2 unspecified atom stereocenters. The van der Waals surface area contributed by atoms with Gasteiger partial charge in [-0.15, -0.1) is 0 Å². The van der Waals surface area contributed by atoms with Crippen LogP contribution in [0.4, 0.5) is 0 Å². The lowest BCUT2D eigenvalue weighted by Gasteiger charge is -2.33. The van der Waals surface area contributed by atoms with E-state index in [1.165, 1.54) is 0 Å². The van der Waals surface area contributed by atoms with Crippen molar-refractivity contribution < 1.29 is 9.53 Å². The molecular weight excluding hydrogens is 486 g/mol. The Morgan fingerprint density at radius 1 is 0.974 bits per heavy atom. The van der Waals surface area contributed by atoms with E-state index in [1.54, 1.807) is 0 Å². The van der Waals surface area contributed by atoms with Crippen LogP contribution in [0.1, 0.15) is 48.0 Å². The minimum atomic E-state index is 0.0658. The molecule has 4 rings (SSSR count). The third-order valence-corrected chi connectivity index (χ3v) is 7.50. The topological polar surface area (TPSA) is 97.2 Å². The summed E-state index contributed by atoms with van der Waals surface area (Å²) in [7, 11) is 4.13. The van der Waals surface area contributed by atoms with Crippen molar-refractivity contribution in [3.63, 3.8) is 0 Å². The Bertz CT molecular complexity index is 1240. The Morgan fingerprint density at radius 2 is 1.72 bits per heavy atom. The van der Waals surface area contributed by atoms with Crippen LogP contribution in [-0.2, 0) is 6.54 Å². The first-order valence-corrected chi connectivity index (χ1v) is 14.1. The molecule has 1 saturated carbocycles. The molecule has 208 valence electrons. The second kappa shape index (κ2) is 14.0. The van der Waals surface area contributed by atoms with E-state index in [2.05, 4.69) is 48.3 Å². The predicted molar refractivity (Wildman–Crippen MR) is 160 cm³/mol. The summed E-state index contributed by atoms with van der Waals surface area (Å²) in [6, 6.07) is 22.3. The highest BCUT2D eigenvalue weighted by atomic mass is 16.5. The molecule has 0 spiro atoms. The maximum absolute atomic E-state index is 13.9. The Balaban J connectivity index is 1.48. The number of aliphatic imine (C=N–C) groups is 1. The van der Waals surface area contributed by atoms with Gasteiger partial charge in [0.1, 0.15) is 5.75 Å². The molecule has 7 nitrogen and oxygen atoms in total. The molecular formula is C32H43N5O2. The lowest BCUT2D eigenvalue weighted by Crippen LogP contribution is -2.37. The summed E-state index contributed by atoms with van der Waals surface area (Å²) in [4.78, 5) is 22.3. The largest absolute Gasteiger partial charge is 0.494 e. The molecule has 7 heteroatoms. The van der Waals surface area contributed by atoms with Crippen LogP contribution in [0.2, 0.25) is 0 Å². The van der Waals surface area contributed by atoms with E-state index in [-0.39, 0.29) is 11.9 Å². The second-order valence-corrected chi connectivity index (χ2v) is 11.1. The van der Waals surface area contributed by atoms with Gasteiger partial charge in [0.25, 0.3) is 5.91 Å². The number of ether oxygens (including phenoxy) is 1. The van der Waals surface area contributed by atoms with Crippen LogP contribution in [0.3, 0.4) is 0 Å². The van der Waals surface area contributed by atoms with Gasteiger partial charge in [0.15, 0.2) is 5.96 Å². The molecule has 39 heavy (non-hydrogen) atoms. The molecule has 3 aromatic rings. The number of nitrogens with zero attached hydrogens (tertiary/aromatic N) is 3. The number of benzene rings is 3. The highest BCUT2D eigenvalue weighted by Crippen LogP contribution is 2.31. The summed E-state index contributed by atoms with van der Waals surface area (Å²) in [6.45, 7) is 3.62. The first-order chi connectivity index (χ1) is 18.9. The van der Waals surface area contributed by atoms with Crippen LogP contribution >= 0.6 is 0 Å². The number of hydrogen-bond acceptors (Lipinski definition) is 4. The Kier molecular flexibility index (Phi) is 10.2. The van der Waals surface area contributed by atoms with Gasteiger partial charge in [0.2, 0.25) is 0 Å². The fourth-order valence-corrected chi connectivity index (χ4v) is 5.49. The molecule has 3 aromatic carbocycles. The van der Waals surface area contributed by atoms with Gasteiger partial charge in [0, 0.05) is 31.7 Å². The zero-order chi connectivity index (χ0) is 27.6. The van der Waals surface area contributed by atoms with Crippen molar-refractivity contribution in [3.05, 3.63) is 77.9 Å². The maximum Gasteiger partial charge on any atom is 0.254 e. The summed E-state index contributed by atoms with van der Waals surface area (Å²) in [5.41, 5.74) is 13.0. The van der Waals surface area contributed by atoms with Crippen molar-refractivity contribution in [1.82, 2.24) is 9.80 Å². The number of hydrogen-bond donors (Lipinski definition) is 2. The van der Waals surface area contributed by atoms with Gasteiger partial charge in [0.05, 0.1) is 6.61 Å². The van der Waals surface area contributed by atoms with Crippen molar-refractivity contribution in [3.8, 4) is 5.75 Å². The lowest BCUT2D eigenvalue weighted by molar-refractivity contribution is 0.0687. The van der Waals surface area contributed by atoms with Crippen LogP contribution in [-0.4, -0.2) is 62.0 Å². The van der Waals surface area contributed by atoms with E-state index >= 15 is 0 Å². The fourth-order valence-electron chi connectivity index (χ4n) is 5.49. The molecule has 1 aliphatic rings. The standard InChI is InChI=1S/C32H43N5O2/c1-36(2)17-6-18-39-30-15-11-24(12-16-30)22-37(23-26-8-5-7-25(19-26)21-35-32(33)34)31(38)29-14-13-27-9-3-4-10-28(27)20-29/h3-4,9-16,20,25-26H,5-8,17-19,21-23H2,1-2H3,(H4,33,34,35). The van der Waals surface area contributed by atoms with E-state index in [0.29, 0.717) is 38.1 Å². The first-order valence-electron chi connectivity index (χ1n) is 14.1. The molecule has 0 heterocycles. The number of carbonyl (C=O) groups is 1. The number of fused-ring (bicyclic) bond motifs is 1. The first kappa shape index (κ1) is 28.4. The summed E-state index contributed by atoms with van der Waals surface area (Å²) < 4.78 is 5.91. The molecule has 1 aliphatic carbocycles. The molecule has 2 atom stereocenters. The van der Waals surface area contributed by atoms with E-state index in [1.807, 2.05) is 47.4 Å². The minimum absolute atomic E-state index is 0.0658. The van der Waals surface area contributed by atoms with E-state index < -0.39 is 0 Å². The molecule has 1 fully saturated rings. The van der Waals surface area contributed by atoms with Gasteiger partial charge in [-0.1, -0.05) is 48.9 Å². The summed E-state index contributed by atoms with van der Waals surface area (Å²) in [6.07, 6.45) is 5.38. The number of carbonyl (C=O) groups excluding carboxylic acids is 1. The van der Waals surface area contributed by atoms with Crippen LogP contribution < -0.4 is 16.2 Å². The zero-order valence-corrected chi connectivity index (χ0v) is 23.4. The third kappa shape index (κ3) is 8.72. The molecule has 1 amide bonds. The summed E-state index contributed by atoms with van der Waals surface area (Å²) in [5.74, 6) is 1.94. The van der Waals surface area contributed by atoms with E-state index in [4.69, 9.17) is 16.2 Å². The summed E-state index contributed by atoms with van der Waals surface area (Å²) in [5, 5.41) is 2.21.